The predicted molar refractivity (Wildman–Crippen MR) is 40.6 cm³/mol. The highest BCUT2D eigenvalue weighted by atomic mass is 15.3. The summed E-state index contributed by atoms with van der Waals surface area (Å²) in [4.78, 5) is 0. The Bertz CT molecular complexity index is 289. The van der Waals surface area contributed by atoms with Gasteiger partial charge in [0.15, 0.2) is 0 Å². The molecule has 0 bridgehead atoms. The van der Waals surface area contributed by atoms with Crippen LogP contribution >= 0.6 is 0 Å². The highest BCUT2D eigenvalue weighted by molar-refractivity contribution is 5.35. The van der Waals surface area contributed by atoms with Crippen LogP contribution in [0.2, 0.25) is 0 Å². The molecule has 0 amide bonds. The van der Waals surface area contributed by atoms with E-state index >= 15 is 0 Å². The van der Waals surface area contributed by atoms with Crippen LogP contribution < -0.4 is 0 Å². The first kappa shape index (κ1) is 6.88. The fourth-order valence-electron chi connectivity index (χ4n) is 0.966. The Kier molecular flexibility index (Phi) is 1.50. The Morgan fingerprint density at radius 2 is 2.10 bits per heavy atom. The number of aryl methyl sites for hydroxylation is 2. The summed E-state index contributed by atoms with van der Waals surface area (Å²) in [5.41, 5.74) is 2.98. The zero-order chi connectivity index (χ0) is 7.72. The maximum absolute atomic E-state index is 5.25. The second kappa shape index (κ2) is 2.18. The molecular weight excluding hydrogens is 124 g/mol. The van der Waals surface area contributed by atoms with Crippen LogP contribution in [0.3, 0.4) is 0 Å². The van der Waals surface area contributed by atoms with E-state index in [1.165, 1.54) is 0 Å². The first-order valence-electron chi connectivity index (χ1n) is 3.13. The summed E-state index contributed by atoms with van der Waals surface area (Å²) in [7, 11) is 1.86. The van der Waals surface area contributed by atoms with Crippen LogP contribution in [0.4, 0.5) is 0 Å². The molecule has 1 heterocycles. The summed E-state index contributed by atoms with van der Waals surface area (Å²) in [5.74, 6) is 2.58. The summed E-state index contributed by atoms with van der Waals surface area (Å²) >= 11 is 0. The Morgan fingerprint density at radius 3 is 2.30 bits per heavy atom. The summed E-state index contributed by atoms with van der Waals surface area (Å²) in [6, 6.07) is 0. The Balaban J connectivity index is 3.37. The number of terminal acetylenes is 1. The van der Waals surface area contributed by atoms with E-state index in [1.54, 1.807) is 4.68 Å². The van der Waals surface area contributed by atoms with E-state index in [0.717, 1.165) is 17.0 Å². The van der Waals surface area contributed by atoms with Crippen LogP contribution in [0, 0.1) is 26.2 Å². The van der Waals surface area contributed by atoms with Gasteiger partial charge in [-0.1, -0.05) is 5.92 Å². The Morgan fingerprint density at radius 1 is 1.50 bits per heavy atom. The van der Waals surface area contributed by atoms with Gasteiger partial charge in [-0.2, -0.15) is 5.10 Å². The molecule has 52 valence electrons. The number of rotatable bonds is 0. The molecule has 1 rings (SSSR count). The number of nitrogens with zero attached hydrogens (tertiary/aromatic N) is 2. The Hall–Kier alpha value is -1.23. The van der Waals surface area contributed by atoms with E-state index in [2.05, 4.69) is 11.0 Å². The lowest BCUT2D eigenvalue weighted by atomic mass is 10.2. The maximum Gasteiger partial charge on any atom is 0.113 e. The summed E-state index contributed by atoms with van der Waals surface area (Å²) in [6.07, 6.45) is 5.25. The van der Waals surface area contributed by atoms with Gasteiger partial charge in [0.2, 0.25) is 0 Å². The lowest BCUT2D eigenvalue weighted by molar-refractivity contribution is 0.747. The van der Waals surface area contributed by atoms with Crippen molar-refractivity contribution in [3.8, 4) is 12.3 Å². The van der Waals surface area contributed by atoms with E-state index in [4.69, 9.17) is 6.42 Å². The molecule has 0 N–H and O–H groups in total. The molecule has 0 aliphatic carbocycles. The molecule has 2 nitrogen and oxygen atoms in total. The van der Waals surface area contributed by atoms with Crippen molar-refractivity contribution in [2.45, 2.75) is 13.8 Å². The SMILES string of the molecule is C#Cc1c(C)c(C)nn1C. The van der Waals surface area contributed by atoms with E-state index in [9.17, 15) is 0 Å². The van der Waals surface area contributed by atoms with Gasteiger partial charge in [0.05, 0.1) is 5.69 Å². The van der Waals surface area contributed by atoms with Crippen molar-refractivity contribution in [3.63, 3.8) is 0 Å². The van der Waals surface area contributed by atoms with Crippen molar-refractivity contribution < 1.29 is 0 Å². The molecule has 2 heteroatoms. The van der Waals surface area contributed by atoms with Crippen molar-refractivity contribution >= 4 is 0 Å². The van der Waals surface area contributed by atoms with Gasteiger partial charge in [0.25, 0.3) is 0 Å². The zero-order valence-electron chi connectivity index (χ0n) is 6.47. The van der Waals surface area contributed by atoms with Crippen LogP contribution in [0.25, 0.3) is 0 Å². The van der Waals surface area contributed by atoms with Crippen molar-refractivity contribution in [1.29, 1.82) is 0 Å². The normalized spacial score (nSPS) is 9.40. The van der Waals surface area contributed by atoms with Crippen molar-refractivity contribution in [3.05, 3.63) is 17.0 Å². The fraction of sp³-hybridized carbons (Fsp3) is 0.375. The monoisotopic (exact) mass is 134 g/mol. The van der Waals surface area contributed by atoms with Gasteiger partial charge in [0.1, 0.15) is 5.69 Å². The van der Waals surface area contributed by atoms with Crippen molar-refractivity contribution in [1.82, 2.24) is 9.78 Å². The quantitative estimate of drug-likeness (QED) is 0.484. The van der Waals surface area contributed by atoms with Crippen LogP contribution in [0.5, 0.6) is 0 Å². The molecule has 0 unspecified atom stereocenters. The Labute approximate surface area is 60.9 Å². The van der Waals surface area contributed by atoms with Gasteiger partial charge >= 0.3 is 0 Å². The first-order chi connectivity index (χ1) is 4.66. The third kappa shape index (κ3) is 0.801. The van der Waals surface area contributed by atoms with Gasteiger partial charge in [0, 0.05) is 12.6 Å². The second-order valence-corrected chi connectivity index (χ2v) is 2.33. The third-order valence-corrected chi connectivity index (χ3v) is 1.66. The van der Waals surface area contributed by atoms with Crippen LogP contribution in [-0.4, -0.2) is 9.78 Å². The average Bonchev–Trinajstić information content (AvgIpc) is 2.09. The van der Waals surface area contributed by atoms with Gasteiger partial charge < -0.3 is 0 Å². The summed E-state index contributed by atoms with van der Waals surface area (Å²) in [5, 5.41) is 4.16. The molecular formula is C8H10N2. The number of hydrogen-bond acceptors (Lipinski definition) is 1. The minimum Gasteiger partial charge on any atom is -0.260 e. The number of hydrogen-bond donors (Lipinski definition) is 0. The molecule has 0 aromatic carbocycles. The molecule has 0 aliphatic rings. The van der Waals surface area contributed by atoms with Crippen LogP contribution in [0.15, 0.2) is 0 Å². The smallest absolute Gasteiger partial charge is 0.113 e. The number of aromatic nitrogens is 2. The second-order valence-electron chi connectivity index (χ2n) is 2.33. The van der Waals surface area contributed by atoms with Gasteiger partial charge in [-0.3, -0.25) is 4.68 Å². The highest BCUT2D eigenvalue weighted by Crippen LogP contribution is 2.08. The van der Waals surface area contributed by atoms with E-state index in [1.807, 2.05) is 20.9 Å². The molecule has 0 fully saturated rings. The molecule has 1 aromatic heterocycles. The molecule has 0 saturated carbocycles. The molecule has 0 saturated heterocycles. The van der Waals surface area contributed by atoms with Gasteiger partial charge in [-0.25, -0.2) is 0 Å². The third-order valence-electron chi connectivity index (χ3n) is 1.66. The van der Waals surface area contributed by atoms with Crippen molar-refractivity contribution in [2.75, 3.05) is 0 Å². The van der Waals surface area contributed by atoms with Gasteiger partial charge in [-0.15, -0.1) is 6.42 Å². The predicted octanol–water partition coefficient (Wildman–Crippen LogP) is 1.02. The molecule has 1 aromatic rings. The van der Waals surface area contributed by atoms with Crippen molar-refractivity contribution in [2.24, 2.45) is 7.05 Å². The van der Waals surface area contributed by atoms with Crippen LogP contribution in [-0.2, 0) is 7.05 Å². The maximum atomic E-state index is 5.25. The zero-order valence-corrected chi connectivity index (χ0v) is 6.47. The summed E-state index contributed by atoms with van der Waals surface area (Å²) in [6.45, 7) is 3.94. The summed E-state index contributed by atoms with van der Waals surface area (Å²) < 4.78 is 1.73. The van der Waals surface area contributed by atoms with E-state index in [-0.39, 0.29) is 0 Å². The molecule has 0 atom stereocenters. The van der Waals surface area contributed by atoms with Gasteiger partial charge in [-0.05, 0) is 13.8 Å². The molecule has 0 spiro atoms. The van der Waals surface area contributed by atoms with Crippen LogP contribution in [0.1, 0.15) is 17.0 Å². The lowest BCUT2D eigenvalue weighted by Gasteiger charge is -1.90. The molecule has 0 aliphatic heterocycles. The highest BCUT2D eigenvalue weighted by Gasteiger charge is 2.04. The fourth-order valence-corrected chi connectivity index (χ4v) is 0.966. The van der Waals surface area contributed by atoms with E-state index < -0.39 is 0 Å². The topological polar surface area (TPSA) is 17.8 Å². The molecule has 0 radical (unpaired) electrons. The first-order valence-corrected chi connectivity index (χ1v) is 3.13. The minimum absolute atomic E-state index is 0.873. The largest absolute Gasteiger partial charge is 0.260 e. The standard InChI is InChI=1S/C8H10N2/c1-5-8-6(2)7(3)9-10(8)4/h1H,2-4H3. The molecule has 10 heavy (non-hydrogen) atoms. The average molecular weight is 134 g/mol. The lowest BCUT2D eigenvalue weighted by Crippen LogP contribution is -1.93. The minimum atomic E-state index is 0.873. The van der Waals surface area contributed by atoms with E-state index in [0.29, 0.717) is 0 Å².